The van der Waals surface area contributed by atoms with E-state index in [0.717, 1.165) is 0 Å². The molecule has 0 aliphatic rings. The third kappa shape index (κ3) is 2.45. The Morgan fingerprint density at radius 1 is 1.47 bits per heavy atom. The zero-order chi connectivity index (χ0) is 13.8. The molecule has 2 aromatic rings. The Morgan fingerprint density at radius 3 is 2.79 bits per heavy atom. The minimum atomic E-state index is -0.515. The van der Waals surface area contributed by atoms with Gasteiger partial charge in [0.05, 0.1) is 19.3 Å². The van der Waals surface area contributed by atoms with Gasteiger partial charge in [-0.15, -0.1) is 0 Å². The van der Waals surface area contributed by atoms with Crippen LogP contribution in [0.2, 0.25) is 0 Å². The molecular weight excluding hydrogens is 247 g/mol. The predicted molar refractivity (Wildman–Crippen MR) is 70.0 cm³/mol. The Labute approximate surface area is 111 Å². The molecule has 102 valence electrons. The van der Waals surface area contributed by atoms with Crippen LogP contribution < -0.4 is 16.0 Å². The summed E-state index contributed by atoms with van der Waals surface area (Å²) in [5.41, 5.74) is 3.79. The topological polar surface area (TPSA) is 65.1 Å². The number of aromatic nitrogens is 2. The molecule has 0 radical (unpaired) electrons. The van der Waals surface area contributed by atoms with Gasteiger partial charge < -0.3 is 4.74 Å². The highest BCUT2D eigenvalue weighted by molar-refractivity contribution is 5.36. The monoisotopic (exact) mass is 264 g/mol. The lowest BCUT2D eigenvalue weighted by atomic mass is 10.0. The van der Waals surface area contributed by atoms with Crippen molar-refractivity contribution in [2.45, 2.75) is 19.5 Å². The van der Waals surface area contributed by atoms with E-state index in [9.17, 15) is 4.39 Å². The second-order valence-corrected chi connectivity index (χ2v) is 4.04. The van der Waals surface area contributed by atoms with Crippen LogP contribution in [-0.4, -0.2) is 16.9 Å². The lowest BCUT2D eigenvalue weighted by molar-refractivity contribution is 0.398. The molecule has 0 bridgehead atoms. The number of hydrazine groups is 1. The van der Waals surface area contributed by atoms with Gasteiger partial charge in [-0.05, 0) is 13.0 Å². The van der Waals surface area contributed by atoms with Crippen molar-refractivity contribution in [2.24, 2.45) is 5.84 Å². The number of nitrogens with one attached hydrogen (secondary N) is 1. The van der Waals surface area contributed by atoms with Gasteiger partial charge in [0.25, 0.3) is 0 Å². The van der Waals surface area contributed by atoms with Crippen LogP contribution in [0.1, 0.15) is 24.2 Å². The molecule has 1 heterocycles. The number of hydrogen-bond donors (Lipinski definition) is 2. The lowest BCUT2D eigenvalue weighted by Gasteiger charge is -2.19. The van der Waals surface area contributed by atoms with Gasteiger partial charge in [0.2, 0.25) is 0 Å². The number of nitrogens with zero attached hydrogens (tertiary/aromatic N) is 2. The van der Waals surface area contributed by atoms with Crippen molar-refractivity contribution in [3.63, 3.8) is 0 Å². The number of methoxy groups -OCH3 is 1. The summed E-state index contributed by atoms with van der Waals surface area (Å²) in [5, 5.41) is 4.20. The van der Waals surface area contributed by atoms with Gasteiger partial charge in [0.15, 0.2) is 5.75 Å². The van der Waals surface area contributed by atoms with Crippen molar-refractivity contribution in [1.29, 1.82) is 0 Å². The summed E-state index contributed by atoms with van der Waals surface area (Å²) in [5.74, 6) is 5.85. The Hall–Kier alpha value is -1.92. The highest BCUT2D eigenvalue weighted by atomic mass is 19.1. The smallest absolute Gasteiger partial charge is 0.161 e. The van der Waals surface area contributed by atoms with E-state index < -0.39 is 6.04 Å². The molecule has 0 amide bonds. The van der Waals surface area contributed by atoms with E-state index in [-0.39, 0.29) is 5.82 Å². The first kappa shape index (κ1) is 13.5. The van der Waals surface area contributed by atoms with Gasteiger partial charge in [0, 0.05) is 12.1 Å². The summed E-state index contributed by atoms with van der Waals surface area (Å²) in [6, 6.07) is 5.98. The Kier molecular flexibility index (Phi) is 4.13. The minimum Gasteiger partial charge on any atom is -0.493 e. The minimum absolute atomic E-state index is 0.323. The van der Waals surface area contributed by atoms with E-state index in [4.69, 9.17) is 10.6 Å². The van der Waals surface area contributed by atoms with E-state index in [1.165, 1.54) is 6.07 Å². The van der Waals surface area contributed by atoms with Crippen LogP contribution >= 0.6 is 0 Å². The molecule has 0 spiro atoms. The molecule has 1 unspecified atom stereocenters. The molecule has 0 aliphatic heterocycles. The summed E-state index contributed by atoms with van der Waals surface area (Å²) in [4.78, 5) is 0. The van der Waals surface area contributed by atoms with Crippen molar-refractivity contribution in [3.8, 4) is 5.75 Å². The Morgan fingerprint density at radius 2 is 2.21 bits per heavy atom. The van der Waals surface area contributed by atoms with Crippen molar-refractivity contribution in [1.82, 2.24) is 15.2 Å². The highest BCUT2D eigenvalue weighted by Gasteiger charge is 2.24. The number of rotatable bonds is 5. The van der Waals surface area contributed by atoms with Crippen molar-refractivity contribution in [2.75, 3.05) is 7.11 Å². The first-order valence-corrected chi connectivity index (χ1v) is 6.03. The molecule has 3 N–H and O–H groups in total. The SMILES string of the molecule is CCn1ncc(OC)c1C(NN)c1ccccc1F. The van der Waals surface area contributed by atoms with Crippen LogP contribution in [0.3, 0.4) is 0 Å². The number of nitrogens with two attached hydrogens (primary N) is 1. The second-order valence-electron chi connectivity index (χ2n) is 4.04. The third-order valence-corrected chi connectivity index (χ3v) is 3.02. The first-order chi connectivity index (χ1) is 9.22. The average Bonchev–Trinajstić information content (AvgIpc) is 2.85. The quantitative estimate of drug-likeness (QED) is 0.636. The maximum Gasteiger partial charge on any atom is 0.161 e. The van der Waals surface area contributed by atoms with Gasteiger partial charge in [-0.2, -0.15) is 5.10 Å². The number of benzene rings is 1. The zero-order valence-electron chi connectivity index (χ0n) is 10.9. The van der Waals surface area contributed by atoms with Crippen LogP contribution in [0, 0.1) is 5.82 Å². The van der Waals surface area contributed by atoms with Gasteiger partial charge in [-0.1, -0.05) is 18.2 Å². The fourth-order valence-corrected chi connectivity index (χ4v) is 2.10. The van der Waals surface area contributed by atoms with Crippen LogP contribution in [0.5, 0.6) is 5.75 Å². The van der Waals surface area contributed by atoms with E-state index >= 15 is 0 Å². The molecule has 6 heteroatoms. The molecule has 1 atom stereocenters. The summed E-state index contributed by atoms with van der Waals surface area (Å²) in [6.07, 6.45) is 1.60. The third-order valence-electron chi connectivity index (χ3n) is 3.02. The van der Waals surface area contributed by atoms with E-state index in [1.807, 2.05) is 6.92 Å². The molecule has 0 aliphatic carbocycles. The van der Waals surface area contributed by atoms with Gasteiger partial charge >= 0.3 is 0 Å². The Balaban J connectivity index is 2.54. The fraction of sp³-hybridized carbons (Fsp3) is 0.308. The van der Waals surface area contributed by atoms with E-state index in [1.54, 1.807) is 36.2 Å². The first-order valence-electron chi connectivity index (χ1n) is 6.03. The molecule has 0 saturated heterocycles. The molecule has 5 nitrogen and oxygen atoms in total. The van der Waals surface area contributed by atoms with Gasteiger partial charge in [-0.25, -0.2) is 9.82 Å². The second kappa shape index (κ2) is 5.81. The van der Waals surface area contributed by atoms with Crippen LogP contribution in [0.25, 0.3) is 0 Å². The maximum atomic E-state index is 13.9. The van der Waals surface area contributed by atoms with Crippen molar-refractivity contribution < 1.29 is 9.13 Å². The average molecular weight is 264 g/mol. The molecule has 0 fully saturated rings. The van der Waals surface area contributed by atoms with E-state index in [2.05, 4.69) is 10.5 Å². The lowest BCUT2D eigenvalue weighted by Crippen LogP contribution is -2.31. The molecular formula is C13H17FN4O. The highest BCUT2D eigenvalue weighted by Crippen LogP contribution is 2.30. The summed E-state index contributed by atoms with van der Waals surface area (Å²) in [7, 11) is 1.55. The predicted octanol–water partition coefficient (Wildman–Crippen LogP) is 1.60. The Bertz CT molecular complexity index is 534. The zero-order valence-corrected chi connectivity index (χ0v) is 10.9. The molecule has 2 rings (SSSR count). The molecule has 1 aromatic heterocycles. The van der Waals surface area contributed by atoms with Crippen molar-refractivity contribution in [3.05, 3.63) is 47.5 Å². The summed E-state index contributed by atoms with van der Waals surface area (Å²) < 4.78 is 20.9. The van der Waals surface area contributed by atoms with Crippen LogP contribution in [-0.2, 0) is 6.54 Å². The van der Waals surface area contributed by atoms with Crippen LogP contribution in [0.15, 0.2) is 30.5 Å². The molecule has 0 saturated carbocycles. The van der Waals surface area contributed by atoms with Crippen LogP contribution in [0.4, 0.5) is 4.39 Å². The number of halogens is 1. The number of hydrogen-bond acceptors (Lipinski definition) is 4. The van der Waals surface area contributed by atoms with E-state index in [0.29, 0.717) is 23.6 Å². The normalized spacial score (nSPS) is 12.4. The van der Waals surface area contributed by atoms with Gasteiger partial charge in [-0.3, -0.25) is 10.5 Å². The fourth-order valence-electron chi connectivity index (χ4n) is 2.10. The summed E-state index contributed by atoms with van der Waals surface area (Å²) >= 11 is 0. The summed E-state index contributed by atoms with van der Waals surface area (Å²) in [6.45, 7) is 2.59. The van der Waals surface area contributed by atoms with Crippen molar-refractivity contribution >= 4 is 0 Å². The standard InChI is InChI=1S/C13H17FN4O/c1-3-18-13(11(19-2)8-16-18)12(17-15)9-6-4-5-7-10(9)14/h4-8,12,17H,3,15H2,1-2H3. The molecule has 19 heavy (non-hydrogen) atoms. The number of aryl methyl sites for hydroxylation is 1. The largest absolute Gasteiger partial charge is 0.493 e. The molecule has 1 aromatic carbocycles. The van der Waals surface area contributed by atoms with Gasteiger partial charge in [0.1, 0.15) is 11.5 Å². The number of ether oxygens (including phenoxy) is 1. The maximum absolute atomic E-state index is 13.9.